The van der Waals surface area contributed by atoms with Crippen LogP contribution < -0.4 is 5.43 Å². The average molecular weight is 130 g/mol. The minimum atomic E-state index is -2.27. The minimum Gasteiger partial charge on any atom is -0.313 e. The van der Waals surface area contributed by atoms with E-state index in [4.69, 9.17) is 9.52 Å². The Bertz CT molecular complexity index is 183. The van der Waals surface area contributed by atoms with E-state index >= 15 is 0 Å². The summed E-state index contributed by atoms with van der Waals surface area (Å²) in [7, 11) is 0. The first-order chi connectivity index (χ1) is 5.37. The summed E-state index contributed by atoms with van der Waals surface area (Å²) in [6, 6.07) is 0. The number of nitrogens with zero attached hydrogens (tertiary/aromatic N) is 1. The molecule has 0 unspecified atom stereocenters. The molecule has 0 rings (SSSR count). The Morgan fingerprint density at radius 3 is 2.89 bits per heavy atom. The highest BCUT2D eigenvalue weighted by Gasteiger charge is 1.98. The number of nitrogens with one attached hydrogen (secondary N) is 2. The van der Waals surface area contributed by atoms with Gasteiger partial charge in [-0.25, -0.2) is 0 Å². The smallest absolute Gasteiger partial charge is 0.0803 e. The fourth-order valence-electron chi connectivity index (χ4n) is 0.393. The molecule has 9 heavy (non-hydrogen) atoms. The molecule has 0 aliphatic carbocycles. The van der Waals surface area contributed by atoms with Crippen LogP contribution in [0.4, 0.5) is 0 Å². The van der Waals surface area contributed by atoms with Crippen molar-refractivity contribution in [2.75, 3.05) is 6.98 Å². The number of hydrazone groups is 1. The van der Waals surface area contributed by atoms with E-state index in [1.165, 1.54) is 0 Å². The van der Waals surface area contributed by atoms with Gasteiger partial charge in [0.05, 0.1) is 5.71 Å². The summed E-state index contributed by atoms with van der Waals surface area (Å²) in [4.78, 5) is 0. The van der Waals surface area contributed by atoms with Gasteiger partial charge in [0.2, 0.25) is 0 Å². The molecule has 0 radical (unpaired) electrons. The van der Waals surface area contributed by atoms with Gasteiger partial charge in [-0.05, 0) is 5.92 Å². The lowest BCUT2D eigenvalue weighted by Gasteiger charge is -2.01. The molecule has 0 saturated heterocycles. The van der Waals surface area contributed by atoms with Gasteiger partial charge in [-0.15, -0.1) is 0 Å². The molecule has 0 bridgehead atoms. The molecule has 0 spiro atoms. The van der Waals surface area contributed by atoms with E-state index in [2.05, 4.69) is 5.10 Å². The average Bonchev–Trinajstić information content (AvgIpc) is 1.85. The monoisotopic (exact) mass is 130 g/mol. The predicted octanol–water partition coefficient (Wildman–Crippen LogP) is 0.867. The van der Waals surface area contributed by atoms with Crippen molar-refractivity contribution >= 4 is 11.9 Å². The molecule has 0 saturated carbocycles. The summed E-state index contributed by atoms with van der Waals surface area (Å²) in [5.41, 5.74) is 2.41. The van der Waals surface area contributed by atoms with E-state index < -0.39 is 6.98 Å². The van der Waals surface area contributed by atoms with Gasteiger partial charge in [-0.1, -0.05) is 13.8 Å². The lowest BCUT2D eigenvalue weighted by Crippen LogP contribution is -2.12. The zero-order valence-corrected chi connectivity index (χ0v) is 5.60. The van der Waals surface area contributed by atoms with Gasteiger partial charge in [0.1, 0.15) is 0 Å². The molecule has 0 amide bonds. The van der Waals surface area contributed by atoms with E-state index in [0.717, 1.165) is 6.21 Å². The van der Waals surface area contributed by atoms with Gasteiger partial charge in [0.15, 0.2) is 0 Å². The quantitative estimate of drug-likeness (QED) is 0.432. The van der Waals surface area contributed by atoms with Crippen LogP contribution in [0.5, 0.6) is 0 Å². The zero-order valence-electron chi connectivity index (χ0n) is 8.60. The van der Waals surface area contributed by atoms with E-state index in [1.807, 2.05) is 19.3 Å². The SMILES string of the molecule is [2H]C([2H])([2H])N/N=C(\C=N)C(C)C. The Labute approximate surface area is 59.9 Å². The number of hydrogen-bond acceptors (Lipinski definition) is 3. The van der Waals surface area contributed by atoms with Crippen LogP contribution in [0.2, 0.25) is 0 Å². The third kappa shape index (κ3) is 2.85. The Kier molecular flexibility index (Phi) is 1.82. The molecule has 2 N–H and O–H groups in total. The van der Waals surface area contributed by atoms with E-state index in [-0.39, 0.29) is 5.92 Å². The van der Waals surface area contributed by atoms with E-state index in [9.17, 15) is 0 Å². The molecular formula is C6H13N3. The van der Waals surface area contributed by atoms with Crippen LogP contribution in [0.25, 0.3) is 0 Å². The molecule has 0 aliphatic heterocycles. The second kappa shape index (κ2) is 4.06. The Morgan fingerprint density at radius 1 is 1.89 bits per heavy atom. The Hall–Kier alpha value is -0.860. The van der Waals surface area contributed by atoms with Gasteiger partial charge >= 0.3 is 0 Å². The molecule has 0 aliphatic rings. The van der Waals surface area contributed by atoms with Crippen LogP contribution in [0.15, 0.2) is 5.10 Å². The maximum atomic E-state index is 6.92. The van der Waals surface area contributed by atoms with Crippen molar-refractivity contribution in [1.29, 1.82) is 5.41 Å². The summed E-state index contributed by atoms with van der Waals surface area (Å²) in [6.45, 7) is 1.40. The van der Waals surface area contributed by atoms with Crippen LogP contribution >= 0.6 is 0 Å². The third-order valence-corrected chi connectivity index (χ3v) is 0.924. The van der Waals surface area contributed by atoms with Gasteiger partial charge in [-0.3, -0.25) is 0 Å². The molecule has 0 heterocycles. The highest BCUT2D eigenvalue weighted by Crippen LogP contribution is 1.92. The van der Waals surface area contributed by atoms with Crippen LogP contribution in [0.1, 0.15) is 18.0 Å². The van der Waals surface area contributed by atoms with Crippen molar-refractivity contribution in [2.24, 2.45) is 11.0 Å². The minimum absolute atomic E-state index is 0.0531. The van der Waals surface area contributed by atoms with Crippen LogP contribution in [-0.2, 0) is 0 Å². The largest absolute Gasteiger partial charge is 0.313 e. The van der Waals surface area contributed by atoms with E-state index in [1.54, 1.807) is 0 Å². The van der Waals surface area contributed by atoms with Crippen LogP contribution in [0, 0.1) is 11.3 Å². The van der Waals surface area contributed by atoms with Crippen molar-refractivity contribution in [3.8, 4) is 0 Å². The molecule has 0 aromatic rings. The lowest BCUT2D eigenvalue weighted by atomic mass is 10.1. The molecule has 3 nitrogen and oxygen atoms in total. The van der Waals surface area contributed by atoms with Gasteiger partial charge < -0.3 is 10.8 Å². The lowest BCUT2D eigenvalue weighted by molar-refractivity contribution is 0.837. The van der Waals surface area contributed by atoms with Crippen molar-refractivity contribution in [3.05, 3.63) is 0 Å². The van der Waals surface area contributed by atoms with Crippen molar-refractivity contribution in [2.45, 2.75) is 13.8 Å². The Morgan fingerprint density at radius 2 is 2.56 bits per heavy atom. The zero-order chi connectivity index (χ0) is 9.78. The Balaban J connectivity index is 4.22. The maximum Gasteiger partial charge on any atom is 0.0803 e. The summed E-state index contributed by atoms with van der Waals surface area (Å²) in [6.07, 6.45) is 1.05. The topological polar surface area (TPSA) is 48.2 Å². The van der Waals surface area contributed by atoms with Gasteiger partial charge in [0.25, 0.3) is 0 Å². The first-order valence-corrected chi connectivity index (χ1v) is 2.72. The molecule has 3 heteroatoms. The molecule has 0 aromatic carbocycles. The normalized spacial score (nSPS) is 18.1. The highest BCUT2D eigenvalue weighted by molar-refractivity contribution is 6.30. The van der Waals surface area contributed by atoms with Crippen LogP contribution in [-0.4, -0.2) is 18.9 Å². The summed E-state index contributed by atoms with van der Waals surface area (Å²) in [5.74, 6) is 0.0531. The predicted molar refractivity (Wildman–Crippen MR) is 40.1 cm³/mol. The first-order valence-electron chi connectivity index (χ1n) is 4.22. The fraction of sp³-hybridized carbons (Fsp3) is 0.667. The summed E-state index contributed by atoms with van der Waals surface area (Å²) >= 11 is 0. The fourth-order valence-corrected chi connectivity index (χ4v) is 0.393. The first kappa shape index (κ1) is 4.04. The number of hydrogen-bond donors (Lipinski definition) is 2. The molecule has 52 valence electrons. The second-order valence-electron chi connectivity index (χ2n) is 1.95. The van der Waals surface area contributed by atoms with Crippen molar-refractivity contribution < 1.29 is 4.11 Å². The molecule has 0 atom stereocenters. The maximum absolute atomic E-state index is 6.92. The van der Waals surface area contributed by atoms with E-state index in [0.29, 0.717) is 5.71 Å². The molecular weight excluding hydrogens is 114 g/mol. The van der Waals surface area contributed by atoms with Gasteiger partial charge in [-0.2, -0.15) is 5.10 Å². The van der Waals surface area contributed by atoms with Crippen molar-refractivity contribution in [3.63, 3.8) is 0 Å². The van der Waals surface area contributed by atoms with Crippen LogP contribution in [0.3, 0.4) is 0 Å². The highest BCUT2D eigenvalue weighted by atomic mass is 15.3. The van der Waals surface area contributed by atoms with Gasteiger partial charge in [0, 0.05) is 17.3 Å². The molecule has 0 aromatic heterocycles. The second-order valence-corrected chi connectivity index (χ2v) is 1.95. The third-order valence-electron chi connectivity index (χ3n) is 0.924. The summed E-state index contributed by atoms with van der Waals surface area (Å²) in [5, 5.41) is 10.5. The summed E-state index contributed by atoms with van der Waals surface area (Å²) < 4.78 is 20.3. The molecule has 0 fully saturated rings. The standard InChI is InChI=1S/C6H13N3/c1-5(2)6(4-7)9-8-3/h4-5,7-8H,1-3H3/b7-4?,9-6+/i3D3. The number of rotatable bonds is 3. The van der Waals surface area contributed by atoms with Crippen molar-refractivity contribution in [1.82, 2.24) is 5.43 Å².